The summed E-state index contributed by atoms with van der Waals surface area (Å²) in [7, 11) is 2.11. The van der Waals surface area contributed by atoms with Crippen LogP contribution >= 0.6 is 0 Å². The lowest BCUT2D eigenvalue weighted by Crippen LogP contribution is -2.39. The number of piperidine rings is 1. The van der Waals surface area contributed by atoms with Gasteiger partial charge in [0, 0.05) is 18.3 Å². The highest BCUT2D eigenvalue weighted by Gasteiger charge is 2.30. The van der Waals surface area contributed by atoms with Gasteiger partial charge in [-0.3, -0.25) is 0 Å². The Morgan fingerprint density at radius 1 is 1.25 bits per heavy atom. The Kier molecular flexibility index (Phi) is 4.58. The number of hydrogen-bond donors (Lipinski definition) is 1. The zero-order valence-corrected chi connectivity index (χ0v) is 11.9. The van der Waals surface area contributed by atoms with Gasteiger partial charge in [-0.2, -0.15) is 13.2 Å². The van der Waals surface area contributed by atoms with Crippen molar-refractivity contribution in [3.05, 3.63) is 29.8 Å². The zero-order chi connectivity index (χ0) is 14.8. The van der Waals surface area contributed by atoms with E-state index in [0.717, 1.165) is 30.9 Å². The number of anilines is 1. The van der Waals surface area contributed by atoms with Crippen LogP contribution in [0.4, 0.5) is 18.9 Å². The lowest BCUT2D eigenvalue weighted by Gasteiger charge is -2.34. The maximum atomic E-state index is 12.5. The van der Waals surface area contributed by atoms with Gasteiger partial charge in [0.25, 0.3) is 0 Å². The number of nitrogens with one attached hydrogen (secondary N) is 1. The SMILES string of the molecule is CC(Nc1ccc(C(F)(F)F)cc1)C1CCCN(C)C1. The largest absolute Gasteiger partial charge is 0.416 e. The van der Waals surface area contributed by atoms with E-state index in [1.165, 1.54) is 25.0 Å². The second-order valence-corrected chi connectivity index (χ2v) is 5.67. The smallest absolute Gasteiger partial charge is 0.382 e. The molecule has 2 unspecified atom stereocenters. The molecule has 5 heteroatoms. The molecule has 1 aromatic rings. The molecule has 0 amide bonds. The van der Waals surface area contributed by atoms with E-state index in [2.05, 4.69) is 24.2 Å². The summed E-state index contributed by atoms with van der Waals surface area (Å²) >= 11 is 0. The fraction of sp³-hybridized carbons (Fsp3) is 0.600. The molecule has 1 heterocycles. The minimum atomic E-state index is -4.27. The van der Waals surface area contributed by atoms with E-state index in [0.29, 0.717) is 5.92 Å². The highest BCUT2D eigenvalue weighted by atomic mass is 19.4. The number of alkyl halides is 3. The summed E-state index contributed by atoms with van der Waals surface area (Å²) in [6, 6.07) is 5.52. The van der Waals surface area contributed by atoms with Gasteiger partial charge in [0.15, 0.2) is 0 Å². The van der Waals surface area contributed by atoms with Gasteiger partial charge >= 0.3 is 6.18 Å². The highest BCUT2D eigenvalue weighted by Crippen LogP contribution is 2.30. The first kappa shape index (κ1) is 15.2. The molecule has 1 aliphatic rings. The molecule has 112 valence electrons. The fourth-order valence-corrected chi connectivity index (χ4v) is 2.75. The summed E-state index contributed by atoms with van der Waals surface area (Å²) in [5.41, 5.74) is 0.145. The molecular formula is C15H21F3N2. The minimum absolute atomic E-state index is 0.259. The predicted molar refractivity (Wildman–Crippen MR) is 74.7 cm³/mol. The summed E-state index contributed by atoms with van der Waals surface area (Å²) in [4.78, 5) is 2.30. The first-order valence-corrected chi connectivity index (χ1v) is 6.98. The first-order chi connectivity index (χ1) is 9.36. The van der Waals surface area contributed by atoms with E-state index in [1.807, 2.05) is 0 Å². The Morgan fingerprint density at radius 3 is 2.45 bits per heavy atom. The van der Waals surface area contributed by atoms with Crippen molar-refractivity contribution >= 4 is 5.69 Å². The number of benzene rings is 1. The van der Waals surface area contributed by atoms with Crippen molar-refractivity contribution in [3.8, 4) is 0 Å². The van der Waals surface area contributed by atoms with Crippen molar-refractivity contribution < 1.29 is 13.2 Å². The summed E-state index contributed by atoms with van der Waals surface area (Å²) in [6.45, 7) is 4.26. The summed E-state index contributed by atoms with van der Waals surface area (Å²) in [5, 5.41) is 3.32. The van der Waals surface area contributed by atoms with Crippen LogP contribution < -0.4 is 5.32 Å². The topological polar surface area (TPSA) is 15.3 Å². The van der Waals surface area contributed by atoms with Crippen LogP contribution in [0.15, 0.2) is 24.3 Å². The maximum absolute atomic E-state index is 12.5. The van der Waals surface area contributed by atoms with Gasteiger partial charge in [0.05, 0.1) is 5.56 Å². The van der Waals surface area contributed by atoms with E-state index in [4.69, 9.17) is 0 Å². The van der Waals surface area contributed by atoms with Gasteiger partial charge in [0.2, 0.25) is 0 Å². The van der Waals surface area contributed by atoms with E-state index >= 15 is 0 Å². The van der Waals surface area contributed by atoms with Crippen molar-refractivity contribution in [2.45, 2.75) is 32.0 Å². The number of halogens is 3. The van der Waals surface area contributed by atoms with Crippen molar-refractivity contribution in [2.24, 2.45) is 5.92 Å². The maximum Gasteiger partial charge on any atom is 0.416 e. The number of likely N-dealkylation sites (tertiary alicyclic amines) is 1. The lowest BCUT2D eigenvalue weighted by molar-refractivity contribution is -0.137. The van der Waals surface area contributed by atoms with E-state index in [1.54, 1.807) is 0 Å². The Morgan fingerprint density at radius 2 is 1.90 bits per heavy atom. The Bertz CT molecular complexity index is 428. The molecule has 1 aromatic carbocycles. The lowest BCUT2D eigenvalue weighted by atomic mass is 9.91. The molecule has 2 atom stereocenters. The van der Waals surface area contributed by atoms with Gasteiger partial charge < -0.3 is 10.2 Å². The van der Waals surface area contributed by atoms with Gasteiger partial charge in [-0.05, 0) is 63.5 Å². The zero-order valence-electron chi connectivity index (χ0n) is 11.9. The average Bonchev–Trinajstić information content (AvgIpc) is 2.38. The molecule has 1 N–H and O–H groups in total. The van der Waals surface area contributed by atoms with E-state index in [9.17, 15) is 13.2 Å². The highest BCUT2D eigenvalue weighted by molar-refractivity contribution is 5.46. The van der Waals surface area contributed by atoms with Crippen molar-refractivity contribution in [2.75, 3.05) is 25.5 Å². The molecule has 2 nitrogen and oxygen atoms in total. The molecule has 2 rings (SSSR count). The minimum Gasteiger partial charge on any atom is -0.382 e. The van der Waals surface area contributed by atoms with E-state index in [-0.39, 0.29) is 6.04 Å². The number of hydrogen-bond acceptors (Lipinski definition) is 2. The summed E-state index contributed by atoms with van der Waals surface area (Å²) in [6.07, 6.45) is -1.92. The second-order valence-electron chi connectivity index (χ2n) is 5.67. The fourth-order valence-electron chi connectivity index (χ4n) is 2.75. The van der Waals surface area contributed by atoms with Crippen LogP contribution in [0.25, 0.3) is 0 Å². The van der Waals surface area contributed by atoms with Crippen molar-refractivity contribution in [3.63, 3.8) is 0 Å². The average molecular weight is 286 g/mol. The first-order valence-electron chi connectivity index (χ1n) is 6.98. The molecule has 0 aliphatic carbocycles. The molecule has 0 saturated carbocycles. The summed E-state index contributed by atoms with van der Waals surface area (Å²) < 4.78 is 37.5. The molecule has 0 aromatic heterocycles. The van der Waals surface area contributed by atoms with Gasteiger partial charge in [0.1, 0.15) is 0 Å². The molecule has 1 fully saturated rings. The normalized spacial score (nSPS) is 22.6. The van der Waals surface area contributed by atoms with Crippen LogP contribution in [0.2, 0.25) is 0 Å². The molecule has 1 aliphatic heterocycles. The van der Waals surface area contributed by atoms with Crippen LogP contribution in [0.3, 0.4) is 0 Å². The standard InChI is InChI=1S/C15H21F3N2/c1-11(12-4-3-9-20(2)10-12)19-14-7-5-13(6-8-14)15(16,17)18/h5-8,11-12,19H,3-4,9-10H2,1-2H3. The van der Waals surface area contributed by atoms with Crippen molar-refractivity contribution in [1.29, 1.82) is 0 Å². The number of nitrogens with zero attached hydrogens (tertiary/aromatic N) is 1. The van der Waals surface area contributed by atoms with Gasteiger partial charge in [-0.1, -0.05) is 0 Å². The molecule has 0 spiro atoms. The van der Waals surface area contributed by atoms with Crippen LogP contribution in [0.1, 0.15) is 25.3 Å². The third kappa shape index (κ3) is 3.88. The number of rotatable bonds is 3. The molecule has 1 saturated heterocycles. The molecule has 20 heavy (non-hydrogen) atoms. The van der Waals surface area contributed by atoms with E-state index < -0.39 is 11.7 Å². The Labute approximate surface area is 118 Å². The monoisotopic (exact) mass is 286 g/mol. The summed E-state index contributed by atoms with van der Waals surface area (Å²) in [5.74, 6) is 0.538. The Hall–Kier alpha value is -1.23. The third-order valence-corrected chi connectivity index (χ3v) is 3.97. The molecule has 0 radical (unpaired) electrons. The second kappa shape index (κ2) is 6.04. The van der Waals surface area contributed by atoms with Crippen molar-refractivity contribution in [1.82, 2.24) is 4.90 Å². The predicted octanol–water partition coefficient (Wildman–Crippen LogP) is 3.85. The Balaban J connectivity index is 1.95. The quantitative estimate of drug-likeness (QED) is 0.908. The van der Waals surface area contributed by atoms with Crippen LogP contribution in [0, 0.1) is 5.92 Å². The van der Waals surface area contributed by atoms with Gasteiger partial charge in [-0.15, -0.1) is 0 Å². The third-order valence-electron chi connectivity index (χ3n) is 3.97. The van der Waals surface area contributed by atoms with Crippen LogP contribution in [-0.4, -0.2) is 31.1 Å². The van der Waals surface area contributed by atoms with Crippen LogP contribution in [-0.2, 0) is 6.18 Å². The molecule has 0 bridgehead atoms. The van der Waals surface area contributed by atoms with Gasteiger partial charge in [-0.25, -0.2) is 0 Å². The molecular weight excluding hydrogens is 265 g/mol. The van der Waals surface area contributed by atoms with Crippen LogP contribution in [0.5, 0.6) is 0 Å².